The molecule has 3 aliphatic rings. The first-order valence-corrected chi connectivity index (χ1v) is 9.81. The molecule has 0 heterocycles. The summed E-state index contributed by atoms with van der Waals surface area (Å²) in [6.45, 7) is 0. The molecule has 3 aromatic carbocycles. The van der Waals surface area contributed by atoms with Gasteiger partial charge in [-0.15, -0.1) is 0 Å². The van der Waals surface area contributed by atoms with Crippen LogP contribution in [0.4, 0.5) is 0 Å². The molecule has 0 aliphatic heterocycles. The fraction of sp³-hybridized carbons (Fsp3) is 0.154. The Morgan fingerprint density at radius 2 is 1.20 bits per heavy atom. The zero-order chi connectivity index (χ0) is 20.9. The van der Waals surface area contributed by atoms with E-state index >= 15 is 0 Å². The number of rotatable bonds is 3. The Labute approximate surface area is 174 Å². The van der Waals surface area contributed by atoms with Crippen molar-refractivity contribution in [3.05, 3.63) is 118 Å². The first-order valence-electron chi connectivity index (χ1n) is 9.81. The highest BCUT2D eigenvalue weighted by Gasteiger charge is 2.58. The molecular weight excluding hydrogens is 376 g/mol. The number of carbonyl (C=O) groups excluding carboxylic acids is 2. The van der Waals surface area contributed by atoms with E-state index in [2.05, 4.69) is 0 Å². The highest BCUT2D eigenvalue weighted by atomic mass is 16.5. The summed E-state index contributed by atoms with van der Waals surface area (Å²) >= 11 is 0. The molecule has 2 bridgehead atoms. The molecule has 0 aromatic heterocycles. The molecular formula is C26H20O4. The fourth-order valence-electron chi connectivity index (χ4n) is 5.26. The molecule has 0 N–H and O–H groups in total. The Morgan fingerprint density at radius 3 is 1.73 bits per heavy atom. The van der Waals surface area contributed by atoms with Crippen molar-refractivity contribution in [2.24, 2.45) is 0 Å². The summed E-state index contributed by atoms with van der Waals surface area (Å²) in [4.78, 5) is 26.4. The fourth-order valence-corrected chi connectivity index (χ4v) is 5.26. The lowest BCUT2D eigenvalue weighted by atomic mass is 9.50. The van der Waals surface area contributed by atoms with Crippen LogP contribution in [0.2, 0.25) is 0 Å². The van der Waals surface area contributed by atoms with Crippen LogP contribution in [0, 0.1) is 0 Å². The minimum absolute atomic E-state index is 0.338. The smallest absolute Gasteiger partial charge is 0.335 e. The monoisotopic (exact) mass is 396 g/mol. The quantitative estimate of drug-likeness (QED) is 0.625. The van der Waals surface area contributed by atoms with E-state index < -0.39 is 17.4 Å². The largest absolute Gasteiger partial charge is 0.466 e. The average Bonchev–Trinajstić information content (AvgIpc) is 2.83. The molecule has 4 heteroatoms. The number of methoxy groups -OCH3 is 2. The van der Waals surface area contributed by atoms with Crippen molar-refractivity contribution >= 4 is 11.9 Å². The van der Waals surface area contributed by atoms with Crippen molar-refractivity contribution in [2.75, 3.05) is 14.2 Å². The molecule has 6 rings (SSSR count). The summed E-state index contributed by atoms with van der Waals surface area (Å²) in [5, 5.41) is 0. The lowest BCUT2D eigenvalue weighted by Gasteiger charge is -2.50. The van der Waals surface area contributed by atoms with Gasteiger partial charge in [0.2, 0.25) is 0 Å². The van der Waals surface area contributed by atoms with Gasteiger partial charge in [0.25, 0.3) is 0 Å². The first kappa shape index (κ1) is 18.4. The van der Waals surface area contributed by atoms with Gasteiger partial charge >= 0.3 is 11.9 Å². The van der Waals surface area contributed by atoms with Gasteiger partial charge < -0.3 is 9.47 Å². The summed E-state index contributed by atoms with van der Waals surface area (Å²) in [6, 6.07) is 25.9. The van der Waals surface area contributed by atoms with Gasteiger partial charge in [-0.2, -0.15) is 0 Å². The first-order chi connectivity index (χ1) is 14.7. The van der Waals surface area contributed by atoms with Gasteiger partial charge in [0.15, 0.2) is 0 Å². The molecule has 0 atom stereocenters. The third kappa shape index (κ3) is 2.16. The zero-order valence-corrected chi connectivity index (χ0v) is 16.7. The van der Waals surface area contributed by atoms with E-state index in [-0.39, 0.29) is 5.92 Å². The predicted octanol–water partition coefficient (Wildman–Crippen LogP) is 4.12. The summed E-state index contributed by atoms with van der Waals surface area (Å²) in [5.74, 6) is -1.41. The van der Waals surface area contributed by atoms with Crippen LogP contribution in [0.5, 0.6) is 0 Å². The van der Waals surface area contributed by atoms with Crippen molar-refractivity contribution in [3.8, 4) is 0 Å². The number of benzene rings is 3. The molecule has 0 fully saturated rings. The van der Waals surface area contributed by atoms with Crippen molar-refractivity contribution in [1.29, 1.82) is 0 Å². The van der Waals surface area contributed by atoms with E-state index in [4.69, 9.17) is 9.47 Å². The summed E-state index contributed by atoms with van der Waals surface area (Å²) in [7, 11) is 2.70. The SMILES string of the molecule is COC(=O)C1=C(C(=O)OC)C2(c3ccccc3)c3ccccc3C1c1ccccc12. The van der Waals surface area contributed by atoms with Gasteiger partial charge in [0, 0.05) is 5.92 Å². The van der Waals surface area contributed by atoms with Crippen molar-refractivity contribution in [3.63, 3.8) is 0 Å². The summed E-state index contributed by atoms with van der Waals surface area (Å²) in [6.07, 6.45) is 0. The van der Waals surface area contributed by atoms with Gasteiger partial charge in [0.05, 0.1) is 30.8 Å². The van der Waals surface area contributed by atoms with Crippen molar-refractivity contribution in [1.82, 2.24) is 0 Å². The molecule has 0 radical (unpaired) electrons. The maximum atomic E-state index is 13.3. The van der Waals surface area contributed by atoms with Gasteiger partial charge in [-0.25, -0.2) is 9.59 Å². The minimum atomic E-state index is -0.959. The molecule has 0 unspecified atom stereocenters. The van der Waals surface area contributed by atoms with E-state index in [0.717, 1.165) is 27.8 Å². The van der Waals surface area contributed by atoms with Gasteiger partial charge in [-0.1, -0.05) is 78.9 Å². The van der Waals surface area contributed by atoms with Crippen molar-refractivity contribution in [2.45, 2.75) is 11.3 Å². The summed E-state index contributed by atoms with van der Waals surface area (Å²) < 4.78 is 10.4. The van der Waals surface area contributed by atoms with E-state index in [1.165, 1.54) is 14.2 Å². The van der Waals surface area contributed by atoms with Gasteiger partial charge in [0.1, 0.15) is 0 Å². The zero-order valence-electron chi connectivity index (χ0n) is 16.7. The molecule has 0 saturated carbocycles. The molecule has 3 aliphatic carbocycles. The van der Waals surface area contributed by atoms with E-state index in [9.17, 15) is 9.59 Å². The number of hydrogen-bond acceptors (Lipinski definition) is 4. The maximum absolute atomic E-state index is 13.3. The number of esters is 2. The number of carbonyl (C=O) groups is 2. The Bertz CT molecular complexity index is 1160. The summed E-state index contributed by atoms with van der Waals surface area (Å²) in [5.41, 5.74) is 4.64. The highest BCUT2D eigenvalue weighted by Crippen LogP contribution is 2.61. The van der Waals surface area contributed by atoms with Crippen molar-refractivity contribution < 1.29 is 19.1 Å². The van der Waals surface area contributed by atoms with E-state index in [1.807, 2.05) is 78.9 Å². The van der Waals surface area contributed by atoms with Crippen LogP contribution in [-0.4, -0.2) is 26.2 Å². The normalized spacial score (nSPS) is 20.9. The van der Waals surface area contributed by atoms with Crippen LogP contribution in [-0.2, 0) is 24.5 Å². The van der Waals surface area contributed by atoms with Gasteiger partial charge in [-0.3, -0.25) is 0 Å². The third-order valence-electron chi connectivity index (χ3n) is 6.29. The van der Waals surface area contributed by atoms with Crippen LogP contribution in [0.25, 0.3) is 0 Å². The Hall–Kier alpha value is -3.66. The maximum Gasteiger partial charge on any atom is 0.335 e. The Balaban J connectivity index is 2.04. The number of hydrogen-bond donors (Lipinski definition) is 0. The molecule has 3 aromatic rings. The topological polar surface area (TPSA) is 52.6 Å². The third-order valence-corrected chi connectivity index (χ3v) is 6.29. The number of ether oxygens (including phenoxy) is 2. The second kappa shape index (κ2) is 6.70. The lowest BCUT2D eigenvalue weighted by Crippen LogP contribution is -2.47. The van der Waals surface area contributed by atoms with Gasteiger partial charge in [-0.05, 0) is 27.8 Å². The van der Waals surface area contributed by atoms with Crippen LogP contribution in [0.15, 0.2) is 90.0 Å². The van der Waals surface area contributed by atoms with E-state index in [0.29, 0.717) is 11.1 Å². The second-order valence-electron chi connectivity index (χ2n) is 7.50. The van der Waals surface area contributed by atoms with E-state index in [1.54, 1.807) is 0 Å². The predicted molar refractivity (Wildman–Crippen MR) is 112 cm³/mol. The minimum Gasteiger partial charge on any atom is -0.466 e. The van der Waals surface area contributed by atoms with Crippen LogP contribution < -0.4 is 0 Å². The Morgan fingerprint density at radius 1 is 0.700 bits per heavy atom. The Kier molecular flexibility index (Phi) is 4.10. The molecule has 4 nitrogen and oxygen atoms in total. The second-order valence-corrected chi connectivity index (χ2v) is 7.50. The average molecular weight is 396 g/mol. The highest BCUT2D eigenvalue weighted by molar-refractivity contribution is 6.08. The molecule has 0 amide bonds. The molecule has 148 valence electrons. The van der Waals surface area contributed by atoms with Crippen LogP contribution in [0.3, 0.4) is 0 Å². The molecule has 30 heavy (non-hydrogen) atoms. The standard InChI is InChI=1S/C26H20O4/c1-29-24(27)22-21-17-12-6-8-14-19(17)26(23(22)25(28)30-2,16-10-4-3-5-11-16)20-15-9-7-13-18(20)21/h3-15,21H,1-2H3. The molecule has 0 saturated heterocycles. The van der Waals surface area contributed by atoms with Crippen LogP contribution in [0.1, 0.15) is 33.7 Å². The molecule has 0 spiro atoms. The lowest BCUT2D eigenvalue weighted by molar-refractivity contribution is -0.140. The van der Waals surface area contributed by atoms with Crippen LogP contribution >= 0.6 is 0 Å².